The number of hydrogen-bond donors (Lipinski definition) is 1. The number of likely N-dealkylation sites (tertiary alicyclic amines) is 1. The second-order valence-electron chi connectivity index (χ2n) is 8.11. The first kappa shape index (κ1) is 16.8. The fourth-order valence-corrected chi connectivity index (χ4v) is 3.53. The van der Waals surface area contributed by atoms with Gasteiger partial charge in [-0.15, -0.1) is 0 Å². The Morgan fingerprint density at radius 1 is 1.23 bits per heavy atom. The number of carbonyl (C=O) groups excluding carboxylic acids is 2. The van der Waals surface area contributed by atoms with Crippen LogP contribution in [0.2, 0.25) is 0 Å². The fourth-order valence-electron chi connectivity index (χ4n) is 3.53. The molecule has 2 aromatic heterocycles. The van der Waals surface area contributed by atoms with Gasteiger partial charge in [0.25, 0.3) is 11.5 Å². The average molecular weight is 357 g/mol. The van der Waals surface area contributed by atoms with E-state index >= 15 is 0 Å². The molecule has 0 spiro atoms. The average Bonchev–Trinajstić information content (AvgIpc) is 3.28. The van der Waals surface area contributed by atoms with E-state index in [0.29, 0.717) is 11.2 Å². The smallest absolute Gasteiger partial charge is 0.278 e. The standard InChI is InChI=1S/C18H23N5O3/c1-18(2,3)12-8-13-19-15-11(16(25)23(13)20-12)9-22(17(15)26)10-14(24)21-6-4-5-7-21/h8,20H,4-7,9-10H2,1-3H3. The van der Waals surface area contributed by atoms with Gasteiger partial charge in [0.2, 0.25) is 5.91 Å². The van der Waals surface area contributed by atoms with E-state index in [9.17, 15) is 14.4 Å². The molecule has 2 amide bonds. The van der Waals surface area contributed by atoms with Crippen molar-refractivity contribution in [1.29, 1.82) is 0 Å². The Balaban J connectivity index is 1.65. The van der Waals surface area contributed by atoms with Crippen molar-refractivity contribution in [2.75, 3.05) is 19.6 Å². The third kappa shape index (κ3) is 2.60. The first-order valence-electron chi connectivity index (χ1n) is 8.98. The third-order valence-corrected chi connectivity index (χ3v) is 5.14. The SMILES string of the molecule is CC(C)(C)c1cc2nc3c(c(=O)n2[nH]1)CN(CC(=O)N1CCCC1)C3=O. The maximum atomic E-state index is 12.8. The highest BCUT2D eigenvalue weighted by molar-refractivity contribution is 5.98. The highest BCUT2D eigenvalue weighted by Gasteiger charge is 2.35. The van der Waals surface area contributed by atoms with Crippen molar-refractivity contribution >= 4 is 17.5 Å². The van der Waals surface area contributed by atoms with Gasteiger partial charge in [-0.2, -0.15) is 0 Å². The van der Waals surface area contributed by atoms with E-state index in [0.717, 1.165) is 31.6 Å². The topological polar surface area (TPSA) is 90.8 Å². The number of H-pyrrole nitrogens is 1. The van der Waals surface area contributed by atoms with Crippen LogP contribution >= 0.6 is 0 Å². The lowest BCUT2D eigenvalue weighted by Crippen LogP contribution is -2.39. The van der Waals surface area contributed by atoms with Crippen molar-refractivity contribution in [1.82, 2.24) is 24.4 Å². The van der Waals surface area contributed by atoms with Crippen molar-refractivity contribution < 1.29 is 9.59 Å². The zero-order valence-electron chi connectivity index (χ0n) is 15.3. The molecule has 1 saturated heterocycles. The Morgan fingerprint density at radius 2 is 1.92 bits per heavy atom. The number of rotatable bonds is 2. The highest BCUT2D eigenvalue weighted by atomic mass is 16.2. The number of carbonyl (C=O) groups is 2. The van der Waals surface area contributed by atoms with Crippen LogP contribution in [0.25, 0.3) is 5.65 Å². The zero-order chi connectivity index (χ0) is 18.6. The molecule has 0 aromatic carbocycles. The van der Waals surface area contributed by atoms with E-state index in [1.807, 2.05) is 20.8 Å². The van der Waals surface area contributed by atoms with Crippen LogP contribution < -0.4 is 5.56 Å². The van der Waals surface area contributed by atoms with Gasteiger partial charge in [-0.1, -0.05) is 20.8 Å². The van der Waals surface area contributed by atoms with Gasteiger partial charge in [0.05, 0.1) is 12.1 Å². The van der Waals surface area contributed by atoms with Gasteiger partial charge in [0.1, 0.15) is 12.2 Å². The minimum Gasteiger partial charge on any atom is -0.341 e. The van der Waals surface area contributed by atoms with Gasteiger partial charge in [0, 0.05) is 30.3 Å². The number of aromatic nitrogens is 3. The molecule has 2 aromatic rings. The Kier molecular flexibility index (Phi) is 3.68. The number of hydrogen-bond acceptors (Lipinski definition) is 4. The van der Waals surface area contributed by atoms with Crippen LogP contribution in [0.4, 0.5) is 0 Å². The summed E-state index contributed by atoms with van der Waals surface area (Å²) in [4.78, 5) is 45.4. The monoisotopic (exact) mass is 357 g/mol. The van der Waals surface area contributed by atoms with E-state index < -0.39 is 0 Å². The molecule has 0 saturated carbocycles. The van der Waals surface area contributed by atoms with Crippen LogP contribution in [0.5, 0.6) is 0 Å². The summed E-state index contributed by atoms with van der Waals surface area (Å²) >= 11 is 0. The van der Waals surface area contributed by atoms with Crippen LogP contribution in [0.15, 0.2) is 10.9 Å². The molecule has 0 radical (unpaired) electrons. The van der Waals surface area contributed by atoms with Crippen LogP contribution in [-0.2, 0) is 16.8 Å². The van der Waals surface area contributed by atoms with Gasteiger partial charge < -0.3 is 9.80 Å². The first-order chi connectivity index (χ1) is 12.3. The van der Waals surface area contributed by atoms with E-state index in [1.54, 1.807) is 11.0 Å². The van der Waals surface area contributed by atoms with E-state index in [2.05, 4.69) is 10.1 Å². The Morgan fingerprint density at radius 3 is 2.58 bits per heavy atom. The minimum atomic E-state index is -0.342. The lowest BCUT2D eigenvalue weighted by molar-refractivity contribution is -0.130. The highest BCUT2D eigenvalue weighted by Crippen LogP contribution is 2.23. The quantitative estimate of drug-likeness (QED) is 0.864. The summed E-state index contributed by atoms with van der Waals surface area (Å²) in [6, 6.07) is 1.80. The molecule has 4 heterocycles. The lowest BCUT2D eigenvalue weighted by Gasteiger charge is -2.20. The first-order valence-corrected chi connectivity index (χ1v) is 8.98. The molecule has 2 aliphatic rings. The zero-order valence-corrected chi connectivity index (χ0v) is 15.3. The Bertz CT molecular complexity index is 960. The number of nitrogens with zero attached hydrogens (tertiary/aromatic N) is 4. The van der Waals surface area contributed by atoms with Crippen molar-refractivity contribution in [2.24, 2.45) is 0 Å². The van der Waals surface area contributed by atoms with Crippen LogP contribution in [0, 0.1) is 0 Å². The summed E-state index contributed by atoms with van der Waals surface area (Å²) in [5.41, 5.74) is 1.39. The summed E-state index contributed by atoms with van der Waals surface area (Å²) in [6.45, 7) is 7.72. The second-order valence-corrected chi connectivity index (χ2v) is 8.11. The Hall–Kier alpha value is -2.64. The molecule has 0 atom stereocenters. The van der Waals surface area contributed by atoms with Crippen LogP contribution in [0.1, 0.15) is 55.4 Å². The van der Waals surface area contributed by atoms with E-state index in [-0.39, 0.29) is 41.6 Å². The van der Waals surface area contributed by atoms with Crippen molar-refractivity contribution in [3.63, 3.8) is 0 Å². The molecule has 138 valence electrons. The van der Waals surface area contributed by atoms with Crippen molar-refractivity contribution in [2.45, 2.75) is 45.6 Å². The molecule has 2 aliphatic heterocycles. The summed E-state index contributed by atoms with van der Waals surface area (Å²) < 4.78 is 1.39. The molecule has 8 heteroatoms. The third-order valence-electron chi connectivity index (χ3n) is 5.14. The van der Waals surface area contributed by atoms with Gasteiger partial charge in [-0.3, -0.25) is 19.5 Å². The van der Waals surface area contributed by atoms with E-state index in [4.69, 9.17) is 0 Å². The molecule has 8 nitrogen and oxygen atoms in total. The summed E-state index contributed by atoms with van der Waals surface area (Å²) in [6.07, 6.45) is 2.01. The number of nitrogens with one attached hydrogen (secondary N) is 1. The van der Waals surface area contributed by atoms with Gasteiger partial charge in [-0.25, -0.2) is 9.50 Å². The number of aromatic amines is 1. The Labute approximate surface area is 150 Å². The molecule has 0 bridgehead atoms. The van der Waals surface area contributed by atoms with Crippen LogP contribution in [-0.4, -0.2) is 55.8 Å². The molecule has 1 fully saturated rings. The predicted molar refractivity (Wildman–Crippen MR) is 95.1 cm³/mol. The summed E-state index contributed by atoms with van der Waals surface area (Å²) in [5.74, 6) is -0.407. The molecule has 26 heavy (non-hydrogen) atoms. The van der Waals surface area contributed by atoms with E-state index in [1.165, 1.54) is 9.42 Å². The number of fused-ring (bicyclic) bond motifs is 2. The number of amides is 2. The largest absolute Gasteiger partial charge is 0.341 e. The molecule has 0 unspecified atom stereocenters. The van der Waals surface area contributed by atoms with Crippen LogP contribution in [0.3, 0.4) is 0 Å². The predicted octanol–water partition coefficient (Wildman–Crippen LogP) is 0.898. The maximum absolute atomic E-state index is 12.8. The van der Waals surface area contributed by atoms with Gasteiger partial charge >= 0.3 is 0 Å². The van der Waals surface area contributed by atoms with Crippen molar-refractivity contribution in [3.8, 4) is 0 Å². The van der Waals surface area contributed by atoms with Gasteiger partial charge in [-0.05, 0) is 12.8 Å². The van der Waals surface area contributed by atoms with Crippen molar-refractivity contribution in [3.05, 3.63) is 33.4 Å². The molecular formula is C18H23N5O3. The second kappa shape index (κ2) is 5.69. The van der Waals surface area contributed by atoms with Gasteiger partial charge in [0.15, 0.2) is 5.65 Å². The molecular weight excluding hydrogens is 334 g/mol. The lowest BCUT2D eigenvalue weighted by atomic mass is 9.93. The minimum absolute atomic E-state index is 0.000472. The molecule has 0 aliphatic carbocycles. The summed E-state index contributed by atoms with van der Waals surface area (Å²) in [7, 11) is 0. The maximum Gasteiger partial charge on any atom is 0.278 e. The molecule has 4 rings (SSSR count). The normalized spacial score (nSPS) is 17.4. The summed E-state index contributed by atoms with van der Waals surface area (Å²) in [5, 5.41) is 3.09. The molecule has 1 N–H and O–H groups in total. The fraction of sp³-hybridized carbons (Fsp3) is 0.556.